The quantitative estimate of drug-likeness (QED) is 0.531. The number of nitrogens with one attached hydrogen (secondary N) is 1. The third-order valence-electron chi connectivity index (χ3n) is 2.73. The Morgan fingerprint density at radius 3 is 2.71 bits per heavy atom. The largest absolute Gasteiger partial charge is 0.465 e. The van der Waals surface area contributed by atoms with Crippen LogP contribution < -0.4 is 11.1 Å². The number of ether oxygens (including phenoxy) is 1. The van der Waals surface area contributed by atoms with Crippen LogP contribution in [0.3, 0.4) is 0 Å². The fourth-order valence-corrected chi connectivity index (χ4v) is 2.44. The van der Waals surface area contributed by atoms with Gasteiger partial charge < -0.3 is 15.8 Å². The number of esters is 1. The van der Waals surface area contributed by atoms with Gasteiger partial charge in [0.2, 0.25) is 5.91 Å². The minimum atomic E-state index is -0.607. The Labute approximate surface area is 129 Å². The summed E-state index contributed by atoms with van der Waals surface area (Å²) in [6.45, 7) is 2.61. The molecule has 0 saturated heterocycles. The van der Waals surface area contributed by atoms with Gasteiger partial charge in [-0.2, -0.15) is 11.8 Å². The van der Waals surface area contributed by atoms with Gasteiger partial charge in [-0.3, -0.25) is 9.59 Å². The first-order valence-corrected chi connectivity index (χ1v) is 8.09. The van der Waals surface area contributed by atoms with Crippen LogP contribution in [0.1, 0.15) is 18.9 Å². The van der Waals surface area contributed by atoms with E-state index in [1.807, 2.05) is 30.3 Å². The minimum absolute atomic E-state index is 0.0199. The smallest absolute Gasteiger partial charge is 0.322 e. The predicted molar refractivity (Wildman–Crippen MR) is 84.8 cm³/mol. The second-order valence-electron chi connectivity index (χ2n) is 4.46. The molecule has 1 amide bonds. The molecule has 0 bridgehead atoms. The third-order valence-corrected chi connectivity index (χ3v) is 3.72. The Hall–Kier alpha value is -1.53. The van der Waals surface area contributed by atoms with Crippen LogP contribution in [0.2, 0.25) is 0 Å². The summed E-state index contributed by atoms with van der Waals surface area (Å²) < 4.78 is 4.82. The van der Waals surface area contributed by atoms with Crippen LogP contribution in [0.5, 0.6) is 0 Å². The maximum atomic E-state index is 11.6. The first kappa shape index (κ1) is 17.5. The van der Waals surface area contributed by atoms with Crippen molar-refractivity contribution in [1.29, 1.82) is 0 Å². The molecule has 0 fully saturated rings. The van der Waals surface area contributed by atoms with Gasteiger partial charge in [-0.05, 0) is 24.7 Å². The molecule has 1 aromatic carbocycles. The highest BCUT2D eigenvalue weighted by molar-refractivity contribution is 7.99. The number of rotatable bonds is 9. The average Bonchev–Trinajstić information content (AvgIpc) is 2.50. The van der Waals surface area contributed by atoms with Gasteiger partial charge in [0.15, 0.2) is 0 Å². The second-order valence-corrected chi connectivity index (χ2v) is 5.57. The van der Waals surface area contributed by atoms with Crippen molar-refractivity contribution in [1.82, 2.24) is 5.32 Å². The molecule has 1 unspecified atom stereocenters. The van der Waals surface area contributed by atoms with Crippen molar-refractivity contribution in [3.05, 3.63) is 35.9 Å². The second kappa shape index (κ2) is 10.2. The molecule has 0 heterocycles. The summed E-state index contributed by atoms with van der Waals surface area (Å²) in [4.78, 5) is 22.9. The zero-order valence-corrected chi connectivity index (χ0v) is 13.0. The molecule has 5 nitrogen and oxygen atoms in total. The van der Waals surface area contributed by atoms with E-state index in [0.29, 0.717) is 31.1 Å². The Bertz CT molecular complexity index is 440. The van der Waals surface area contributed by atoms with Crippen LogP contribution >= 0.6 is 11.8 Å². The summed E-state index contributed by atoms with van der Waals surface area (Å²) in [5, 5.41) is 2.85. The number of thioether (sulfide) groups is 1. The van der Waals surface area contributed by atoms with Gasteiger partial charge in [-0.25, -0.2) is 0 Å². The maximum absolute atomic E-state index is 11.6. The minimum Gasteiger partial charge on any atom is -0.465 e. The van der Waals surface area contributed by atoms with Crippen molar-refractivity contribution in [3.63, 3.8) is 0 Å². The Morgan fingerprint density at radius 1 is 1.33 bits per heavy atom. The fourth-order valence-electron chi connectivity index (χ4n) is 1.59. The highest BCUT2D eigenvalue weighted by Gasteiger charge is 2.14. The first-order chi connectivity index (χ1) is 10.1. The molecule has 1 aromatic rings. The highest BCUT2D eigenvalue weighted by Crippen LogP contribution is 2.05. The van der Waals surface area contributed by atoms with Crippen molar-refractivity contribution in [2.75, 3.05) is 18.1 Å². The average molecular weight is 310 g/mol. The van der Waals surface area contributed by atoms with Gasteiger partial charge in [-0.15, -0.1) is 0 Å². The lowest BCUT2D eigenvalue weighted by atomic mass is 10.2. The molecular formula is C15H22N2O3S. The van der Waals surface area contributed by atoms with Gasteiger partial charge in [0.1, 0.15) is 6.04 Å². The van der Waals surface area contributed by atoms with Crippen molar-refractivity contribution in [3.8, 4) is 0 Å². The molecule has 0 aromatic heterocycles. The summed E-state index contributed by atoms with van der Waals surface area (Å²) in [7, 11) is 0. The van der Waals surface area contributed by atoms with E-state index in [2.05, 4.69) is 5.32 Å². The van der Waals surface area contributed by atoms with Gasteiger partial charge in [-0.1, -0.05) is 30.3 Å². The molecule has 6 heteroatoms. The van der Waals surface area contributed by atoms with Crippen LogP contribution in [0.4, 0.5) is 0 Å². The van der Waals surface area contributed by atoms with Crippen molar-refractivity contribution < 1.29 is 14.3 Å². The van der Waals surface area contributed by atoms with Gasteiger partial charge >= 0.3 is 5.97 Å². The molecule has 0 aliphatic rings. The number of hydrogen-bond acceptors (Lipinski definition) is 5. The van der Waals surface area contributed by atoms with Crippen LogP contribution in [-0.4, -0.2) is 36.0 Å². The van der Waals surface area contributed by atoms with E-state index >= 15 is 0 Å². The van der Waals surface area contributed by atoms with E-state index in [-0.39, 0.29) is 11.9 Å². The van der Waals surface area contributed by atoms with E-state index in [0.717, 1.165) is 5.56 Å². The lowest BCUT2D eigenvalue weighted by molar-refractivity contribution is -0.144. The fraction of sp³-hybridized carbons (Fsp3) is 0.467. The summed E-state index contributed by atoms with van der Waals surface area (Å²) >= 11 is 1.46. The maximum Gasteiger partial charge on any atom is 0.322 e. The van der Waals surface area contributed by atoms with E-state index in [1.165, 1.54) is 11.8 Å². The third kappa shape index (κ3) is 7.72. The Kier molecular flexibility index (Phi) is 8.54. The summed E-state index contributed by atoms with van der Waals surface area (Å²) in [5.74, 6) is 0.612. The van der Waals surface area contributed by atoms with Crippen molar-refractivity contribution >= 4 is 23.6 Å². The van der Waals surface area contributed by atoms with Gasteiger partial charge in [0.25, 0.3) is 0 Å². The van der Waals surface area contributed by atoms with Crippen LogP contribution in [0.25, 0.3) is 0 Å². The lowest BCUT2D eigenvalue weighted by Gasteiger charge is -2.10. The molecule has 1 atom stereocenters. The molecule has 0 aliphatic heterocycles. The number of benzene rings is 1. The molecule has 1 rings (SSSR count). The van der Waals surface area contributed by atoms with Crippen LogP contribution in [0.15, 0.2) is 30.3 Å². The normalized spacial score (nSPS) is 11.7. The van der Waals surface area contributed by atoms with E-state index in [9.17, 15) is 9.59 Å². The molecule has 0 saturated carbocycles. The molecule has 3 N–H and O–H groups in total. The lowest BCUT2D eigenvalue weighted by Crippen LogP contribution is -2.33. The number of carbonyl (C=O) groups excluding carboxylic acids is 2. The van der Waals surface area contributed by atoms with Crippen LogP contribution in [-0.2, 0) is 20.9 Å². The number of hydrogen-bond donors (Lipinski definition) is 2. The molecular weight excluding hydrogens is 288 g/mol. The zero-order valence-electron chi connectivity index (χ0n) is 12.2. The molecule has 0 spiro atoms. The summed E-state index contributed by atoms with van der Waals surface area (Å²) in [6.07, 6.45) is 0.509. The van der Waals surface area contributed by atoms with Crippen molar-refractivity contribution in [2.45, 2.75) is 25.9 Å². The van der Waals surface area contributed by atoms with Crippen molar-refractivity contribution in [2.24, 2.45) is 5.73 Å². The summed E-state index contributed by atoms with van der Waals surface area (Å²) in [5.41, 5.74) is 6.74. The van der Waals surface area contributed by atoms with Crippen LogP contribution in [0, 0.1) is 0 Å². The predicted octanol–water partition coefficient (Wildman–Crippen LogP) is 1.32. The topological polar surface area (TPSA) is 81.4 Å². The molecule has 21 heavy (non-hydrogen) atoms. The Balaban J connectivity index is 2.09. The standard InChI is InChI=1S/C15H22N2O3S/c1-2-20-15(19)13(16)8-9-21-11-14(18)17-10-12-6-4-3-5-7-12/h3-7,13H,2,8-11,16H2,1H3,(H,17,18). The number of carbonyl (C=O) groups is 2. The monoisotopic (exact) mass is 310 g/mol. The van der Waals surface area contributed by atoms with Gasteiger partial charge in [0, 0.05) is 6.54 Å². The number of amides is 1. The first-order valence-electron chi connectivity index (χ1n) is 6.94. The summed E-state index contributed by atoms with van der Waals surface area (Å²) in [6, 6.07) is 9.13. The molecule has 0 radical (unpaired) electrons. The zero-order chi connectivity index (χ0) is 15.5. The number of nitrogens with two attached hydrogens (primary N) is 1. The van der Waals surface area contributed by atoms with Gasteiger partial charge in [0.05, 0.1) is 12.4 Å². The van der Waals surface area contributed by atoms with E-state index in [4.69, 9.17) is 10.5 Å². The van der Waals surface area contributed by atoms with E-state index in [1.54, 1.807) is 6.92 Å². The SMILES string of the molecule is CCOC(=O)C(N)CCSCC(=O)NCc1ccccc1. The molecule has 0 aliphatic carbocycles. The molecule has 116 valence electrons. The van der Waals surface area contributed by atoms with E-state index < -0.39 is 6.04 Å². The highest BCUT2D eigenvalue weighted by atomic mass is 32.2. The Morgan fingerprint density at radius 2 is 2.05 bits per heavy atom.